The molecule has 2 saturated heterocycles. The van der Waals surface area contributed by atoms with E-state index in [0.29, 0.717) is 38.0 Å². The normalized spacial score (nSPS) is 20.2. The molecule has 0 aromatic heterocycles. The van der Waals surface area contributed by atoms with Crippen molar-refractivity contribution < 1.29 is 25.3 Å². The van der Waals surface area contributed by atoms with Crippen LogP contribution in [0.25, 0.3) is 0 Å². The Morgan fingerprint density at radius 3 is 1.23 bits per heavy atom. The van der Waals surface area contributed by atoms with Crippen LogP contribution in [0.2, 0.25) is 0 Å². The highest BCUT2D eigenvalue weighted by atomic mass is 32.2. The molecular formula is C24H32N2O6S3. The molecular weight excluding hydrogens is 508 g/mol. The van der Waals surface area contributed by atoms with E-state index < -0.39 is 29.9 Å². The third kappa shape index (κ3) is 5.34. The lowest BCUT2D eigenvalue weighted by Gasteiger charge is -2.29. The monoisotopic (exact) mass is 540 g/mol. The van der Waals surface area contributed by atoms with Gasteiger partial charge in [0.1, 0.15) is 0 Å². The van der Waals surface area contributed by atoms with Crippen molar-refractivity contribution in [2.24, 2.45) is 11.8 Å². The van der Waals surface area contributed by atoms with Gasteiger partial charge in [-0.3, -0.25) is 0 Å². The third-order valence-corrected chi connectivity index (χ3v) is 12.5. The Morgan fingerprint density at radius 2 is 0.886 bits per heavy atom. The standard InChI is InChI=1S/C24H32N2O6S3/c1-19-9-13-25(14-10-19)34(29,30)23-7-3-5-21(17-23)33(27,28)22-6-4-8-24(18-22)35(31,32)26-15-11-20(2)12-16-26/h3-8,17-20H,9-16H2,1-2H3. The zero-order chi connectivity index (χ0) is 25.4. The number of hydrogen-bond acceptors (Lipinski definition) is 6. The fourth-order valence-corrected chi connectivity index (χ4v) is 9.02. The Bertz CT molecular complexity index is 1290. The summed E-state index contributed by atoms with van der Waals surface area (Å²) in [6.45, 7) is 5.76. The molecule has 192 valence electrons. The van der Waals surface area contributed by atoms with E-state index in [9.17, 15) is 25.3 Å². The lowest BCUT2D eigenvalue weighted by Crippen LogP contribution is -2.38. The predicted molar refractivity (Wildman–Crippen MR) is 133 cm³/mol. The molecule has 2 aliphatic heterocycles. The van der Waals surface area contributed by atoms with Gasteiger partial charge in [-0.25, -0.2) is 25.3 Å². The second kappa shape index (κ2) is 9.93. The quantitative estimate of drug-likeness (QED) is 0.556. The maximum atomic E-state index is 13.4. The molecule has 0 spiro atoms. The van der Waals surface area contributed by atoms with Gasteiger partial charge in [0.15, 0.2) is 0 Å². The molecule has 11 heteroatoms. The molecule has 8 nitrogen and oxygen atoms in total. The highest BCUT2D eigenvalue weighted by molar-refractivity contribution is 7.92. The summed E-state index contributed by atoms with van der Waals surface area (Å²) in [6, 6.07) is 10.6. The first kappa shape index (κ1) is 26.3. The summed E-state index contributed by atoms with van der Waals surface area (Å²) in [5.74, 6) is 0.898. The SMILES string of the molecule is CC1CCN(S(=O)(=O)c2cccc(S(=O)(=O)c3cccc(S(=O)(=O)N4CCC(C)CC4)c3)c2)CC1. The van der Waals surface area contributed by atoms with Gasteiger partial charge < -0.3 is 0 Å². The molecule has 2 aromatic rings. The molecule has 0 amide bonds. The van der Waals surface area contributed by atoms with Crippen LogP contribution in [0.1, 0.15) is 39.5 Å². The van der Waals surface area contributed by atoms with Gasteiger partial charge in [0.05, 0.1) is 19.6 Å². The predicted octanol–water partition coefficient (Wildman–Crippen LogP) is 3.36. The minimum absolute atomic E-state index is 0.0839. The largest absolute Gasteiger partial charge is 0.243 e. The Labute approximate surface area is 209 Å². The first-order chi connectivity index (χ1) is 16.4. The van der Waals surface area contributed by atoms with Gasteiger partial charge in [0.2, 0.25) is 29.9 Å². The van der Waals surface area contributed by atoms with Crippen molar-refractivity contribution in [1.29, 1.82) is 0 Å². The first-order valence-electron chi connectivity index (χ1n) is 11.9. The smallest absolute Gasteiger partial charge is 0.219 e. The Morgan fingerprint density at radius 1 is 0.571 bits per heavy atom. The summed E-state index contributed by atoms with van der Waals surface area (Å²) >= 11 is 0. The van der Waals surface area contributed by atoms with Crippen LogP contribution >= 0.6 is 0 Å². The Hall–Kier alpha value is -1.79. The van der Waals surface area contributed by atoms with Crippen LogP contribution < -0.4 is 0 Å². The van der Waals surface area contributed by atoms with Crippen LogP contribution in [-0.4, -0.2) is 60.0 Å². The van der Waals surface area contributed by atoms with Crippen molar-refractivity contribution in [2.75, 3.05) is 26.2 Å². The van der Waals surface area contributed by atoms with Crippen molar-refractivity contribution in [3.63, 3.8) is 0 Å². The van der Waals surface area contributed by atoms with Crippen molar-refractivity contribution in [3.8, 4) is 0 Å². The lowest BCUT2D eigenvalue weighted by molar-refractivity contribution is 0.287. The van der Waals surface area contributed by atoms with E-state index in [1.165, 1.54) is 45.0 Å². The molecule has 0 atom stereocenters. The summed E-state index contributed by atoms with van der Waals surface area (Å²) in [4.78, 5) is -0.547. The molecule has 2 heterocycles. The third-order valence-electron chi connectivity index (χ3n) is 6.99. The van der Waals surface area contributed by atoms with Crippen molar-refractivity contribution >= 4 is 29.9 Å². The van der Waals surface area contributed by atoms with Gasteiger partial charge in [0, 0.05) is 26.2 Å². The van der Waals surface area contributed by atoms with E-state index in [4.69, 9.17) is 0 Å². The summed E-state index contributed by atoms with van der Waals surface area (Å²) in [5, 5.41) is 0. The minimum atomic E-state index is -4.15. The number of nitrogens with zero attached hydrogens (tertiary/aromatic N) is 2. The Balaban J connectivity index is 1.65. The number of benzene rings is 2. The second-order valence-corrected chi connectivity index (χ2v) is 15.5. The summed E-state index contributed by atoms with van der Waals surface area (Å²) in [5.41, 5.74) is 0. The van der Waals surface area contributed by atoms with Crippen LogP contribution in [0.3, 0.4) is 0 Å². The summed E-state index contributed by atoms with van der Waals surface area (Å²) in [7, 11) is -11.8. The number of hydrogen-bond donors (Lipinski definition) is 0. The van der Waals surface area contributed by atoms with E-state index in [1.807, 2.05) is 0 Å². The van der Waals surface area contributed by atoms with Gasteiger partial charge in [0.25, 0.3) is 0 Å². The van der Waals surface area contributed by atoms with Crippen LogP contribution in [0.4, 0.5) is 0 Å². The molecule has 4 rings (SSSR count). The average molecular weight is 541 g/mol. The molecule has 0 bridgehead atoms. The summed E-state index contributed by atoms with van der Waals surface area (Å²) in [6.07, 6.45) is 3.03. The van der Waals surface area contributed by atoms with E-state index in [1.54, 1.807) is 0 Å². The molecule has 0 N–H and O–H groups in total. The minimum Gasteiger partial charge on any atom is -0.219 e. The summed E-state index contributed by atoms with van der Waals surface area (Å²) < 4.78 is 82.2. The average Bonchev–Trinajstić information content (AvgIpc) is 2.85. The molecule has 0 aliphatic carbocycles. The van der Waals surface area contributed by atoms with Gasteiger partial charge in [-0.1, -0.05) is 26.0 Å². The number of sulfone groups is 1. The highest BCUT2D eigenvalue weighted by Gasteiger charge is 2.31. The molecule has 0 radical (unpaired) electrons. The fraction of sp³-hybridized carbons (Fsp3) is 0.500. The lowest BCUT2D eigenvalue weighted by atomic mass is 10.0. The number of sulfonamides is 2. The molecule has 0 unspecified atom stereocenters. The molecule has 35 heavy (non-hydrogen) atoms. The molecule has 2 fully saturated rings. The zero-order valence-corrected chi connectivity index (χ0v) is 22.4. The van der Waals surface area contributed by atoms with Gasteiger partial charge in [-0.15, -0.1) is 0 Å². The molecule has 2 aromatic carbocycles. The van der Waals surface area contributed by atoms with Gasteiger partial charge >= 0.3 is 0 Å². The van der Waals surface area contributed by atoms with Crippen molar-refractivity contribution in [1.82, 2.24) is 8.61 Å². The molecule has 2 aliphatic rings. The van der Waals surface area contributed by atoms with Crippen molar-refractivity contribution in [2.45, 2.75) is 59.1 Å². The van der Waals surface area contributed by atoms with Crippen molar-refractivity contribution in [3.05, 3.63) is 48.5 Å². The van der Waals surface area contributed by atoms with E-state index in [0.717, 1.165) is 37.8 Å². The maximum absolute atomic E-state index is 13.4. The number of piperidine rings is 2. The fourth-order valence-electron chi connectivity index (χ4n) is 4.49. The van der Waals surface area contributed by atoms with E-state index >= 15 is 0 Å². The van der Waals surface area contributed by atoms with E-state index in [2.05, 4.69) is 13.8 Å². The molecule has 0 saturated carbocycles. The second-order valence-electron chi connectivity index (χ2n) is 9.63. The first-order valence-corrected chi connectivity index (χ1v) is 16.2. The van der Waals surface area contributed by atoms with E-state index in [-0.39, 0.29) is 19.6 Å². The topological polar surface area (TPSA) is 109 Å². The Kier molecular flexibility index (Phi) is 7.46. The van der Waals surface area contributed by atoms with Crippen LogP contribution in [0, 0.1) is 11.8 Å². The van der Waals surface area contributed by atoms with Gasteiger partial charge in [-0.2, -0.15) is 8.61 Å². The van der Waals surface area contributed by atoms with Crippen LogP contribution in [0.15, 0.2) is 68.1 Å². The van der Waals surface area contributed by atoms with Crippen LogP contribution in [-0.2, 0) is 29.9 Å². The van der Waals surface area contributed by atoms with Crippen LogP contribution in [0.5, 0.6) is 0 Å². The maximum Gasteiger partial charge on any atom is 0.243 e. The zero-order valence-electron chi connectivity index (χ0n) is 20.0. The highest BCUT2D eigenvalue weighted by Crippen LogP contribution is 2.29. The number of rotatable bonds is 6. The van der Waals surface area contributed by atoms with Gasteiger partial charge in [-0.05, 0) is 73.9 Å².